The van der Waals surface area contributed by atoms with E-state index in [4.69, 9.17) is 9.84 Å². The van der Waals surface area contributed by atoms with Crippen LogP contribution in [0.3, 0.4) is 0 Å². The molecule has 0 radical (unpaired) electrons. The standard InChI is InChI=1S/C14H17NO3/c1-9-4-6-12(18-3)14-11(9)8-10(15(14)2)5-7-13(16)17/h4,6,8H,5,7H2,1-3H3,(H,16,17). The van der Waals surface area contributed by atoms with Crippen molar-refractivity contribution in [1.82, 2.24) is 4.57 Å². The van der Waals surface area contributed by atoms with Crippen LogP contribution in [-0.2, 0) is 18.3 Å². The zero-order valence-electron chi connectivity index (χ0n) is 10.9. The van der Waals surface area contributed by atoms with Gasteiger partial charge in [-0.25, -0.2) is 0 Å². The highest BCUT2D eigenvalue weighted by Gasteiger charge is 2.12. The number of hydrogen-bond donors (Lipinski definition) is 1. The van der Waals surface area contributed by atoms with Crippen molar-refractivity contribution in [3.8, 4) is 5.75 Å². The number of carboxylic acid groups (broad SMARTS) is 1. The molecule has 1 aromatic heterocycles. The van der Waals surface area contributed by atoms with Crippen LogP contribution in [-0.4, -0.2) is 22.8 Å². The van der Waals surface area contributed by atoms with E-state index in [0.717, 1.165) is 22.3 Å². The Labute approximate surface area is 106 Å². The third-order valence-electron chi connectivity index (χ3n) is 3.29. The third kappa shape index (κ3) is 2.06. The number of aromatic nitrogens is 1. The van der Waals surface area contributed by atoms with Crippen LogP contribution in [0.15, 0.2) is 18.2 Å². The molecule has 0 bridgehead atoms. The molecule has 2 aromatic rings. The van der Waals surface area contributed by atoms with Crippen LogP contribution in [0.2, 0.25) is 0 Å². The molecule has 1 aromatic carbocycles. The van der Waals surface area contributed by atoms with Crippen LogP contribution in [0.25, 0.3) is 10.9 Å². The second-order valence-corrected chi connectivity index (χ2v) is 4.44. The van der Waals surface area contributed by atoms with Crippen molar-refractivity contribution in [3.05, 3.63) is 29.5 Å². The molecule has 96 valence electrons. The van der Waals surface area contributed by atoms with Crippen LogP contribution in [0.1, 0.15) is 17.7 Å². The van der Waals surface area contributed by atoms with Crippen LogP contribution in [0, 0.1) is 6.92 Å². The van der Waals surface area contributed by atoms with E-state index in [0.29, 0.717) is 6.42 Å². The molecule has 1 heterocycles. The molecule has 2 rings (SSSR count). The van der Waals surface area contributed by atoms with E-state index in [1.807, 2.05) is 30.7 Å². The molecule has 0 atom stereocenters. The van der Waals surface area contributed by atoms with Gasteiger partial charge in [0.25, 0.3) is 0 Å². The number of ether oxygens (including phenoxy) is 1. The summed E-state index contributed by atoms with van der Waals surface area (Å²) in [7, 11) is 3.59. The van der Waals surface area contributed by atoms with Crippen LogP contribution >= 0.6 is 0 Å². The summed E-state index contributed by atoms with van der Waals surface area (Å²) in [5.41, 5.74) is 3.21. The Bertz CT molecular complexity index is 599. The highest BCUT2D eigenvalue weighted by molar-refractivity contribution is 5.89. The number of fused-ring (bicyclic) bond motifs is 1. The average Bonchev–Trinajstić information content (AvgIpc) is 2.66. The van der Waals surface area contributed by atoms with Crippen molar-refractivity contribution in [1.29, 1.82) is 0 Å². The summed E-state index contributed by atoms with van der Waals surface area (Å²) in [6.07, 6.45) is 0.675. The van der Waals surface area contributed by atoms with Gasteiger partial charge in [-0.3, -0.25) is 4.79 Å². The number of benzene rings is 1. The Kier molecular flexibility index (Phi) is 3.28. The summed E-state index contributed by atoms with van der Waals surface area (Å²) in [6, 6.07) is 6.01. The fraction of sp³-hybridized carbons (Fsp3) is 0.357. The Morgan fingerprint density at radius 2 is 2.17 bits per heavy atom. The van der Waals surface area contributed by atoms with Crippen molar-refractivity contribution in [3.63, 3.8) is 0 Å². The minimum absolute atomic E-state index is 0.144. The van der Waals surface area contributed by atoms with Crippen LogP contribution in [0.5, 0.6) is 5.75 Å². The summed E-state index contributed by atoms with van der Waals surface area (Å²) in [4.78, 5) is 10.7. The first-order chi connectivity index (χ1) is 8.54. The van der Waals surface area contributed by atoms with E-state index in [2.05, 4.69) is 6.07 Å². The molecule has 0 saturated carbocycles. The predicted molar refractivity (Wildman–Crippen MR) is 70.2 cm³/mol. The molecule has 0 aliphatic heterocycles. The zero-order chi connectivity index (χ0) is 13.3. The number of rotatable bonds is 4. The number of aliphatic carboxylic acids is 1. The Morgan fingerprint density at radius 3 is 2.78 bits per heavy atom. The molecule has 4 heteroatoms. The normalized spacial score (nSPS) is 10.8. The minimum atomic E-state index is -0.774. The largest absolute Gasteiger partial charge is 0.495 e. The number of hydrogen-bond acceptors (Lipinski definition) is 2. The van der Waals surface area contributed by atoms with Gasteiger partial charge in [-0.15, -0.1) is 0 Å². The maximum absolute atomic E-state index is 10.7. The topological polar surface area (TPSA) is 51.5 Å². The SMILES string of the molecule is COc1ccc(C)c2cc(CCC(=O)O)n(C)c12. The van der Waals surface area contributed by atoms with Crippen molar-refractivity contribution >= 4 is 16.9 Å². The van der Waals surface area contributed by atoms with Crippen molar-refractivity contribution in [2.45, 2.75) is 19.8 Å². The molecule has 0 saturated heterocycles. The van der Waals surface area contributed by atoms with Crippen LogP contribution in [0.4, 0.5) is 0 Å². The highest BCUT2D eigenvalue weighted by Crippen LogP contribution is 2.31. The van der Waals surface area contributed by atoms with Gasteiger partial charge >= 0.3 is 5.97 Å². The van der Waals surface area contributed by atoms with Gasteiger partial charge in [0.15, 0.2) is 0 Å². The van der Waals surface area contributed by atoms with E-state index in [-0.39, 0.29) is 6.42 Å². The first kappa shape index (κ1) is 12.5. The second-order valence-electron chi connectivity index (χ2n) is 4.44. The van der Waals surface area contributed by atoms with E-state index in [9.17, 15) is 4.79 Å². The van der Waals surface area contributed by atoms with E-state index < -0.39 is 5.97 Å². The smallest absolute Gasteiger partial charge is 0.303 e. The van der Waals surface area contributed by atoms with E-state index in [1.54, 1.807) is 7.11 Å². The molecule has 4 nitrogen and oxygen atoms in total. The predicted octanol–water partition coefficient (Wildman–Crippen LogP) is 2.51. The summed E-state index contributed by atoms with van der Waals surface area (Å²) in [5.74, 6) is 0.0450. The quantitative estimate of drug-likeness (QED) is 0.903. The monoisotopic (exact) mass is 247 g/mol. The molecule has 0 fully saturated rings. The summed E-state index contributed by atoms with van der Waals surface area (Å²) in [5, 5.41) is 9.88. The Hall–Kier alpha value is -1.97. The van der Waals surface area contributed by atoms with Gasteiger partial charge in [-0.2, -0.15) is 0 Å². The number of carboxylic acids is 1. The first-order valence-electron chi connectivity index (χ1n) is 5.88. The van der Waals surface area contributed by atoms with Gasteiger partial charge in [0.1, 0.15) is 5.75 Å². The molecule has 0 amide bonds. The lowest BCUT2D eigenvalue weighted by Gasteiger charge is -2.07. The summed E-state index contributed by atoms with van der Waals surface area (Å²) < 4.78 is 7.38. The molecule has 18 heavy (non-hydrogen) atoms. The fourth-order valence-corrected chi connectivity index (χ4v) is 2.26. The molecular formula is C14H17NO3. The maximum atomic E-state index is 10.7. The number of methoxy groups -OCH3 is 1. The lowest BCUT2D eigenvalue weighted by atomic mass is 10.1. The molecule has 0 spiro atoms. The highest BCUT2D eigenvalue weighted by atomic mass is 16.5. The van der Waals surface area contributed by atoms with Gasteiger partial charge in [0, 0.05) is 18.1 Å². The number of aryl methyl sites for hydroxylation is 3. The van der Waals surface area contributed by atoms with E-state index >= 15 is 0 Å². The third-order valence-corrected chi connectivity index (χ3v) is 3.29. The van der Waals surface area contributed by atoms with Crippen molar-refractivity contribution in [2.75, 3.05) is 7.11 Å². The lowest BCUT2D eigenvalue weighted by molar-refractivity contribution is -0.136. The maximum Gasteiger partial charge on any atom is 0.303 e. The molecule has 0 aliphatic carbocycles. The Morgan fingerprint density at radius 1 is 1.44 bits per heavy atom. The average molecular weight is 247 g/mol. The minimum Gasteiger partial charge on any atom is -0.495 e. The molecular weight excluding hydrogens is 230 g/mol. The van der Waals surface area contributed by atoms with Gasteiger partial charge in [0.05, 0.1) is 19.0 Å². The van der Waals surface area contributed by atoms with Gasteiger partial charge in [-0.1, -0.05) is 6.07 Å². The number of carbonyl (C=O) groups is 1. The second kappa shape index (κ2) is 4.72. The lowest BCUT2D eigenvalue weighted by Crippen LogP contribution is -2.02. The first-order valence-corrected chi connectivity index (χ1v) is 5.88. The van der Waals surface area contributed by atoms with Crippen molar-refractivity contribution < 1.29 is 14.6 Å². The number of nitrogens with zero attached hydrogens (tertiary/aromatic N) is 1. The molecule has 1 N–H and O–H groups in total. The summed E-state index contributed by atoms with van der Waals surface area (Å²) in [6.45, 7) is 2.04. The van der Waals surface area contributed by atoms with Crippen molar-refractivity contribution in [2.24, 2.45) is 7.05 Å². The zero-order valence-corrected chi connectivity index (χ0v) is 10.9. The van der Waals surface area contributed by atoms with Gasteiger partial charge in [0.2, 0.25) is 0 Å². The van der Waals surface area contributed by atoms with Gasteiger partial charge < -0.3 is 14.4 Å². The fourth-order valence-electron chi connectivity index (χ4n) is 2.26. The summed E-state index contributed by atoms with van der Waals surface area (Å²) >= 11 is 0. The molecule has 0 unspecified atom stereocenters. The van der Waals surface area contributed by atoms with Crippen LogP contribution < -0.4 is 4.74 Å². The Balaban J connectivity index is 2.54. The van der Waals surface area contributed by atoms with Gasteiger partial charge in [-0.05, 0) is 31.0 Å². The van der Waals surface area contributed by atoms with E-state index in [1.165, 1.54) is 5.56 Å². The molecule has 0 aliphatic rings.